The fourth-order valence-corrected chi connectivity index (χ4v) is 2.40. The van der Waals surface area contributed by atoms with E-state index in [0.29, 0.717) is 0 Å². The van der Waals surface area contributed by atoms with Crippen LogP contribution in [0.5, 0.6) is 0 Å². The number of anilines is 1. The van der Waals surface area contributed by atoms with Crippen LogP contribution < -0.4 is 5.32 Å². The minimum absolute atomic E-state index is 0.180. The van der Waals surface area contributed by atoms with E-state index in [-0.39, 0.29) is 5.91 Å². The summed E-state index contributed by atoms with van der Waals surface area (Å²) in [6.45, 7) is 9.22. The normalized spacial score (nSPS) is 16.2. The van der Waals surface area contributed by atoms with Crippen LogP contribution in [0.1, 0.15) is 25.8 Å². The molecular formula is C15H24N4O. The summed E-state index contributed by atoms with van der Waals surface area (Å²) in [5.74, 6) is 1.13. The highest BCUT2D eigenvalue weighted by molar-refractivity contribution is 5.73. The molecule has 110 valence electrons. The first kappa shape index (κ1) is 14.8. The lowest BCUT2D eigenvalue weighted by atomic mass is 10.2. The van der Waals surface area contributed by atoms with Crippen molar-refractivity contribution in [3.8, 4) is 0 Å². The number of piperazine rings is 1. The Morgan fingerprint density at radius 1 is 1.35 bits per heavy atom. The van der Waals surface area contributed by atoms with E-state index in [9.17, 15) is 4.79 Å². The average molecular weight is 276 g/mol. The first-order chi connectivity index (χ1) is 9.69. The van der Waals surface area contributed by atoms with Gasteiger partial charge in [0.05, 0.1) is 0 Å². The highest BCUT2D eigenvalue weighted by Gasteiger charge is 2.18. The van der Waals surface area contributed by atoms with Gasteiger partial charge < -0.3 is 10.2 Å². The molecule has 5 nitrogen and oxygen atoms in total. The van der Waals surface area contributed by atoms with E-state index < -0.39 is 0 Å². The monoisotopic (exact) mass is 276 g/mol. The second-order valence-electron chi connectivity index (χ2n) is 5.26. The Hall–Kier alpha value is -1.62. The van der Waals surface area contributed by atoms with Crippen molar-refractivity contribution in [1.29, 1.82) is 0 Å². The van der Waals surface area contributed by atoms with E-state index in [1.54, 1.807) is 6.92 Å². The molecule has 0 atom stereocenters. The van der Waals surface area contributed by atoms with Gasteiger partial charge in [-0.3, -0.25) is 9.69 Å². The molecule has 1 amide bonds. The summed E-state index contributed by atoms with van der Waals surface area (Å²) in [5.41, 5.74) is 1.27. The van der Waals surface area contributed by atoms with Gasteiger partial charge in [-0.2, -0.15) is 0 Å². The van der Waals surface area contributed by atoms with Crippen molar-refractivity contribution in [2.45, 2.75) is 26.8 Å². The Bertz CT molecular complexity index is 441. The molecule has 2 heterocycles. The van der Waals surface area contributed by atoms with E-state index in [4.69, 9.17) is 0 Å². The minimum Gasteiger partial charge on any atom is -0.370 e. The molecular weight excluding hydrogens is 252 g/mol. The van der Waals surface area contributed by atoms with Crippen molar-refractivity contribution in [3.63, 3.8) is 0 Å². The summed E-state index contributed by atoms with van der Waals surface area (Å²) < 4.78 is 0. The van der Waals surface area contributed by atoms with Crippen molar-refractivity contribution in [2.24, 2.45) is 0 Å². The first-order valence-electron chi connectivity index (χ1n) is 7.35. The molecule has 0 spiro atoms. The third-order valence-corrected chi connectivity index (χ3v) is 3.60. The third kappa shape index (κ3) is 4.20. The average Bonchev–Trinajstić information content (AvgIpc) is 2.46. The number of hydrogen-bond donors (Lipinski definition) is 1. The van der Waals surface area contributed by atoms with E-state index in [2.05, 4.69) is 34.3 Å². The molecule has 0 aliphatic carbocycles. The maximum Gasteiger partial charge on any atom is 0.219 e. The Balaban J connectivity index is 1.86. The zero-order valence-corrected chi connectivity index (χ0v) is 12.4. The predicted molar refractivity (Wildman–Crippen MR) is 80.5 cm³/mol. The number of nitrogens with zero attached hydrogens (tertiary/aromatic N) is 3. The summed E-state index contributed by atoms with van der Waals surface area (Å²) in [6, 6.07) is 4.18. The molecule has 1 fully saturated rings. The van der Waals surface area contributed by atoms with Gasteiger partial charge in [0, 0.05) is 52.4 Å². The molecule has 1 aliphatic heterocycles. The maximum atomic E-state index is 11.3. The van der Waals surface area contributed by atoms with E-state index in [1.165, 1.54) is 5.56 Å². The van der Waals surface area contributed by atoms with E-state index in [0.717, 1.165) is 51.5 Å². The van der Waals surface area contributed by atoms with Crippen molar-refractivity contribution in [1.82, 2.24) is 14.8 Å². The molecule has 0 radical (unpaired) electrons. The number of carbonyl (C=O) groups excluding carboxylic acids is 1. The van der Waals surface area contributed by atoms with Crippen LogP contribution in [0.2, 0.25) is 0 Å². The predicted octanol–water partition coefficient (Wildman–Crippen LogP) is 1.57. The summed E-state index contributed by atoms with van der Waals surface area (Å²) in [6.07, 6.45) is 2.96. The lowest BCUT2D eigenvalue weighted by Gasteiger charge is -2.34. The largest absolute Gasteiger partial charge is 0.370 e. The third-order valence-electron chi connectivity index (χ3n) is 3.60. The van der Waals surface area contributed by atoms with Gasteiger partial charge in [0.2, 0.25) is 5.91 Å². The Kier molecular flexibility index (Phi) is 5.35. The SMILES string of the molecule is CCCNc1cc(CN2CCN(C(C)=O)CC2)ccn1. The lowest BCUT2D eigenvalue weighted by molar-refractivity contribution is -0.130. The first-order valence-corrected chi connectivity index (χ1v) is 7.35. The molecule has 5 heteroatoms. The van der Waals surface area contributed by atoms with Gasteiger partial charge in [-0.15, -0.1) is 0 Å². The fourth-order valence-electron chi connectivity index (χ4n) is 2.40. The molecule has 0 unspecified atom stereocenters. The molecule has 0 aromatic carbocycles. The van der Waals surface area contributed by atoms with Gasteiger partial charge in [-0.1, -0.05) is 6.92 Å². The van der Waals surface area contributed by atoms with Gasteiger partial charge in [0.1, 0.15) is 5.82 Å². The molecule has 1 aliphatic rings. The maximum absolute atomic E-state index is 11.3. The van der Waals surface area contributed by atoms with E-state index in [1.807, 2.05) is 11.1 Å². The van der Waals surface area contributed by atoms with E-state index >= 15 is 0 Å². The second kappa shape index (κ2) is 7.24. The summed E-state index contributed by atoms with van der Waals surface area (Å²) in [5, 5.41) is 3.31. The fraction of sp³-hybridized carbons (Fsp3) is 0.600. The Morgan fingerprint density at radius 3 is 2.75 bits per heavy atom. The van der Waals surface area contributed by atoms with Gasteiger partial charge >= 0.3 is 0 Å². The number of hydrogen-bond acceptors (Lipinski definition) is 4. The molecule has 0 bridgehead atoms. The quantitative estimate of drug-likeness (QED) is 0.887. The van der Waals surface area contributed by atoms with Crippen LogP contribution >= 0.6 is 0 Å². The smallest absolute Gasteiger partial charge is 0.219 e. The second-order valence-corrected chi connectivity index (χ2v) is 5.26. The van der Waals surface area contributed by atoms with Crippen molar-refractivity contribution in [3.05, 3.63) is 23.9 Å². The van der Waals surface area contributed by atoms with Gasteiger partial charge in [-0.25, -0.2) is 4.98 Å². The van der Waals surface area contributed by atoms with Crippen LogP contribution in [0.25, 0.3) is 0 Å². The summed E-state index contributed by atoms with van der Waals surface area (Å²) in [7, 11) is 0. The molecule has 2 rings (SSSR count). The van der Waals surface area contributed by atoms with Gasteiger partial charge in [0.15, 0.2) is 0 Å². The molecule has 0 saturated carbocycles. The Labute approximate surface area is 121 Å². The molecule has 1 aromatic rings. The number of rotatable bonds is 5. The number of amides is 1. The lowest BCUT2D eigenvalue weighted by Crippen LogP contribution is -2.47. The Morgan fingerprint density at radius 2 is 2.10 bits per heavy atom. The van der Waals surface area contributed by atoms with Crippen LogP contribution in [-0.2, 0) is 11.3 Å². The molecule has 1 N–H and O–H groups in total. The number of aromatic nitrogens is 1. The highest BCUT2D eigenvalue weighted by atomic mass is 16.2. The van der Waals surface area contributed by atoms with Gasteiger partial charge in [-0.05, 0) is 24.1 Å². The van der Waals surface area contributed by atoms with Crippen molar-refractivity contribution in [2.75, 3.05) is 38.0 Å². The van der Waals surface area contributed by atoms with Crippen LogP contribution in [0, 0.1) is 0 Å². The molecule has 20 heavy (non-hydrogen) atoms. The summed E-state index contributed by atoms with van der Waals surface area (Å²) >= 11 is 0. The highest BCUT2D eigenvalue weighted by Crippen LogP contribution is 2.11. The topological polar surface area (TPSA) is 48.5 Å². The van der Waals surface area contributed by atoms with Crippen LogP contribution in [-0.4, -0.2) is 53.4 Å². The van der Waals surface area contributed by atoms with Crippen molar-refractivity contribution >= 4 is 11.7 Å². The summed E-state index contributed by atoms with van der Waals surface area (Å²) in [4.78, 5) is 19.9. The van der Waals surface area contributed by atoms with Crippen molar-refractivity contribution < 1.29 is 4.79 Å². The number of pyridine rings is 1. The zero-order chi connectivity index (χ0) is 14.4. The van der Waals surface area contributed by atoms with Crippen LogP contribution in [0.3, 0.4) is 0 Å². The zero-order valence-electron chi connectivity index (χ0n) is 12.4. The van der Waals surface area contributed by atoms with Crippen LogP contribution in [0.4, 0.5) is 5.82 Å². The van der Waals surface area contributed by atoms with Crippen LogP contribution in [0.15, 0.2) is 18.3 Å². The number of nitrogens with one attached hydrogen (secondary N) is 1. The number of carbonyl (C=O) groups is 1. The minimum atomic E-state index is 0.180. The standard InChI is InChI=1S/C15H24N4O/c1-3-5-16-15-11-14(4-6-17-15)12-18-7-9-19(10-8-18)13(2)20/h4,6,11H,3,5,7-10,12H2,1-2H3,(H,16,17). The van der Waals surface area contributed by atoms with Gasteiger partial charge in [0.25, 0.3) is 0 Å². The molecule has 1 aromatic heterocycles. The molecule has 1 saturated heterocycles.